The number of fused-ring (bicyclic) bond motifs is 1. The van der Waals surface area contributed by atoms with Gasteiger partial charge in [-0.25, -0.2) is 0 Å². The molecule has 0 spiro atoms. The number of anilines is 1. The van der Waals surface area contributed by atoms with Crippen molar-refractivity contribution in [2.45, 2.75) is 32.9 Å². The predicted octanol–water partition coefficient (Wildman–Crippen LogP) is 3.81. The van der Waals surface area contributed by atoms with E-state index >= 15 is 0 Å². The Labute approximate surface area is 121 Å². The van der Waals surface area contributed by atoms with E-state index in [-0.39, 0.29) is 0 Å². The molecule has 0 aliphatic carbocycles. The molecule has 0 saturated carbocycles. The smallest absolute Gasteiger partial charge is 0.0419 e. The van der Waals surface area contributed by atoms with Crippen LogP contribution < -0.4 is 10.6 Å². The molecular formula is C18H22N2. The summed E-state index contributed by atoms with van der Waals surface area (Å²) in [6.45, 7) is 6.33. The SMILES string of the molecule is Cc1ccc(C(C)NCc2cccc3c2NCC3)cc1. The zero-order chi connectivity index (χ0) is 13.9. The van der Waals surface area contributed by atoms with Crippen LogP contribution in [-0.4, -0.2) is 6.54 Å². The van der Waals surface area contributed by atoms with E-state index in [1.807, 2.05) is 0 Å². The van der Waals surface area contributed by atoms with Gasteiger partial charge in [0.25, 0.3) is 0 Å². The Morgan fingerprint density at radius 3 is 2.75 bits per heavy atom. The van der Waals surface area contributed by atoms with Crippen molar-refractivity contribution in [3.8, 4) is 0 Å². The van der Waals surface area contributed by atoms with E-state index in [4.69, 9.17) is 0 Å². The van der Waals surface area contributed by atoms with Gasteiger partial charge in [0, 0.05) is 24.8 Å². The van der Waals surface area contributed by atoms with Gasteiger partial charge < -0.3 is 10.6 Å². The highest BCUT2D eigenvalue weighted by atomic mass is 14.9. The monoisotopic (exact) mass is 266 g/mol. The molecule has 1 aliphatic heterocycles. The lowest BCUT2D eigenvalue weighted by molar-refractivity contribution is 0.575. The summed E-state index contributed by atoms with van der Waals surface area (Å²) in [7, 11) is 0. The minimum Gasteiger partial charge on any atom is -0.384 e. The minimum absolute atomic E-state index is 0.368. The van der Waals surface area contributed by atoms with Crippen molar-refractivity contribution in [3.05, 3.63) is 64.7 Å². The van der Waals surface area contributed by atoms with Crippen molar-refractivity contribution in [2.75, 3.05) is 11.9 Å². The van der Waals surface area contributed by atoms with E-state index in [0.29, 0.717) is 6.04 Å². The number of rotatable bonds is 4. The van der Waals surface area contributed by atoms with E-state index in [9.17, 15) is 0 Å². The van der Waals surface area contributed by atoms with Crippen LogP contribution in [0.3, 0.4) is 0 Å². The van der Waals surface area contributed by atoms with Crippen LogP contribution in [-0.2, 0) is 13.0 Å². The molecule has 0 amide bonds. The van der Waals surface area contributed by atoms with Crippen LogP contribution in [0.2, 0.25) is 0 Å². The van der Waals surface area contributed by atoms with Crippen molar-refractivity contribution in [3.63, 3.8) is 0 Å². The van der Waals surface area contributed by atoms with Crippen LogP contribution in [0.4, 0.5) is 5.69 Å². The fraction of sp³-hybridized carbons (Fsp3) is 0.333. The zero-order valence-electron chi connectivity index (χ0n) is 12.2. The Balaban J connectivity index is 1.68. The third-order valence-corrected chi connectivity index (χ3v) is 4.11. The first kappa shape index (κ1) is 13.2. The van der Waals surface area contributed by atoms with Gasteiger partial charge in [-0.2, -0.15) is 0 Å². The molecule has 1 heterocycles. The number of hydrogen-bond acceptors (Lipinski definition) is 2. The molecule has 1 atom stereocenters. The quantitative estimate of drug-likeness (QED) is 0.879. The molecule has 1 unspecified atom stereocenters. The molecule has 104 valence electrons. The lowest BCUT2D eigenvalue weighted by atomic mass is 10.0. The molecule has 2 N–H and O–H groups in total. The van der Waals surface area contributed by atoms with Crippen LogP contribution >= 0.6 is 0 Å². The van der Waals surface area contributed by atoms with Crippen molar-refractivity contribution in [1.29, 1.82) is 0 Å². The van der Waals surface area contributed by atoms with E-state index < -0.39 is 0 Å². The van der Waals surface area contributed by atoms with Gasteiger partial charge in [-0.3, -0.25) is 0 Å². The second-order valence-electron chi connectivity index (χ2n) is 5.64. The summed E-state index contributed by atoms with van der Waals surface area (Å²) < 4.78 is 0. The first-order chi connectivity index (χ1) is 9.74. The van der Waals surface area contributed by atoms with E-state index in [1.165, 1.54) is 27.9 Å². The molecule has 2 aromatic carbocycles. The Morgan fingerprint density at radius 1 is 1.15 bits per heavy atom. The molecule has 0 radical (unpaired) electrons. The highest BCUT2D eigenvalue weighted by Gasteiger charge is 2.14. The van der Waals surface area contributed by atoms with Gasteiger partial charge in [-0.1, -0.05) is 48.0 Å². The van der Waals surface area contributed by atoms with E-state index in [1.54, 1.807) is 0 Å². The molecule has 2 aromatic rings. The molecule has 0 aromatic heterocycles. The molecule has 2 heteroatoms. The highest BCUT2D eigenvalue weighted by Crippen LogP contribution is 2.26. The van der Waals surface area contributed by atoms with Gasteiger partial charge in [0.05, 0.1) is 0 Å². The standard InChI is InChI=1S/C18H22N2/c1-13-6-8-15(9-7-13)14(2)20-12-17-5-3-4-16-10-11-19-18(16)17/h3-9,14,19-20H,10-12H2,1-2H3. The normalized spacial score (nSPS) is 14.7. The summed E-state index contributed by atoms with van der Waals surface area (Å²) in [4.78, 5) is 0. The first-order valence-corrected chi connectivity index (χ1v) is 7.38. The van der Waals surface area contributed by atoms with Gasteiger partial charge in [0.1, 0.15) is 0 Å². The fourth-order valence-electron chi connectivity index (χ4n) is 2.79. The third-order valence-electron chi connectivity index (χ3n) is 4.11. The van der Waals surface area contributed by atoms with Crippen LogP contribution in [0.25, 0.3) is 0 Å². The van der Waals surface area contributed by atoms with Gasteiger partial charge in [0.2, 0.25) is 0 Å². The van der Waals surface area contributed by atoms with Gasteiger partial charge in [-0.15, -0.1) is 0 Å². The fourth-order valence-corrected chi connectivity index (χ4v) is 2.79. The summed E-state index contributed by atoms with van der Waals surface area (Å²) in [5.41, 5.74) is 6.82. The third kappa shape index (κ3) is 2.70. The predicted molar refractivity (Wildman–Crippen MR) is 85.1 cm³/mol. The first-order valence-electron chi connectivity index (χ1n) is 7.38. The Hall–Kier alpha value is -1.80. The van der Waals surface area contributed by atoms with Crippen LogP contribution in [0.15, 0.2) is 42.5 Å². The molecule has 2 nitrogen and oxygen atoms in total. The molecule has 3 rings (SSSR count). The van der Waals surface area contributed by atoms with Gasteiger partial charge in [0.15, 0.2) is 0 Å². The van der Waals surface area contributed by atoms with Crippen molar-refractivity contribution >= 4 is 5.69 Å². The molecular weight excluding hydrogens is 244 g/mol. The van der Waals surface area contributed by atoms with Crippen molar-refractivity contribution in [2.24, 2.45) is 0 Å². The maximum absolute atomic E-state index is 3.62. The second-order valence-corrected chi connectivity index (χ2v) is 5.64. The van der Waals surface area contributed by atoms with Crippen LogP contribution in [0.5, 0.6) is 0 Å². The van der Waals surface area contributed by atoms with Gasteiger partial charge >= 0.3 is 0 Å². The highest BCUT2D eigenvalue weighted by molar-refractivity contribution is 5.61. The lowest BCUT2D eigenvalue weighted by Gasteiger charge is -2.16. The Bertz CT molecular complexity index is 587. The molecule has 1 aliphatic rings. The largest absolute Gasteiger partial charge is 0.384 e. The van der Waals surface area contributed by atoms with E-state index in [0.717, 1.165) is 19.5 Å². The Morgan fingerprint density at radius 2 is 1.95 bits per heavy atom. The lowest BCUT2D eigenvalue weighted by Crippen LogP contribution is -2.18. The van der Waals surface area contributed by atoms with Crippen LogP contribution in [0, 0.1) is 6.92 Å². The van der Waals surface area contributed by atoms with Crippen molar-refractivity contribution < 1.29 is 0 Å². The van der Waals surface area contributed by atoms with E-state index in [2.05, 4.69) is 66.9 Å². The van der Waals surface area contributed by atoms with Crippen molar-refractivity contribution in [1.82, 2.24) is 5.32 Å². The Kier molecular flexibility index (Phi) is 3.75. The molecule has 0 fully saturated rings. The molecule has 20 heavy (non-hydrogen) atoms. The van der Waals surface area contributed by atoms with Crippen LogP contribution in [0.1, 0.15) is 35.2 Å². The molecule has 0 saturated heterocycles. The zero-order valence-corrected chi connectivity index (χ0v) is 12.2. The number of nitrogens with one attached hydrogen (secondary N) is 2. The summed E-state index contributed by atoms with van der Waals surface area (Å²) in [5.74, 6) is 0. The maximum Gasteiger partial charge on any atom is 0.0419 e. The average molecular weight is 266 g/mol. The number of para-hydroxylation sites is 1. The van der Waals surface area contributed by atoms with Gasteiger partial charge in [-0.05, 0) is 37.0 Å². The number of aryl methyl sites for hydroxylation is 1. The average Bonchev–Trinajstić information content (AvgIpc) is 2.94. The second kappa shape index (κ2) is 5.68. The minimum atomic E-state index is 0.368. The summed E-state index contributed by atoms with van der Waals surface area (Å²) >= 11 is 0. The maximum atomic E-state index is 3.62. The number of benzene rings is 2. The number of hydrogen-bond donors (Lipinski definition) is 2. The summed E-state index contributed by atoms with van der Waals surface area (Å²) in [5, 5.41) is 7.12. The summed E-state index contributed by atoms with van der Waals surface area (Å²) in [6.07, 6.45) is 1.15. The molecule has 0 bridgehead atoms. The summed E-state index contributed by atoms with van der Waals surface area (Å²) in [6, 6.07) is 15.7. The topological polar surface area (TPSA) is 24.1 Å².